The van der Waals surface area contributed by atoms with E-state index in [-0.39, 0.29) is 10.8 Å². The van der Waals surface area contributed by atoms with Crippen LogP contribution in [0.4, 0.5) is 0 Å². The molecule has 2 aromatic carbocycles. The minimum Gasteiger partial charge on any atom is -0.507 e. The first-order chi connectivity index (χ1) is 12.4. The molecule has 0 bridgehead atoms. The first kappa shape index (κ1) is 19.8. The molecule has 1 aliphatic rings. The van der Waals surface area contributed by atoms with Gasteiger partial charge in [0.2, 0.25) is 0 Å². The van der Waals surface area contributed by atoms with Gasteiger partial charge in [0.15, 0.2) is 0 Å². The average Bonchev–Trinajstić information content (AvgIpc) is 2.54. The third-order valence-electron chi connectivity index (χ3n) is 6.47. The van der Waals surface area contributed by atoms with Crippen LogP contribution in [0.5, 0.6) is 11.5 Å². The second-order valence-corrected chi connectivity index (χ2v) is 9.85. The summed E-state index contributed by atoms with van der Waals surface area (Å²) in [7, 11) is 0. The van der Waals surface area contributed by atoms with E-state index in [1.807, 2.05) is 27.7 Å². The van der Waals surface area contributed by atoms with E-state index in [1.54, 1.807) is 0 Å². The third-order valence-corrected chi connectivity index (χ3v) is 6.47. The van der Waals surface area contributed by atoms with Crippen molar-refractivity contribution < 1.29 is 10.2 Å². The Morgan fingerprint density at radius 2 is 1.11 bits per heavy atom. The zero-order chi connectivity index (χ0) is 20.1. The molecule has 0 spiro atoms. The highest BCUT2D eigenvalue weighted by Gasteiger charge is 2.45. The van der Waals surface area contributed by atoms with Gasteiger partial charge in [0.1, 0.15) is 11.5 Å². The van der Waals surface area contributed by atoms with Gasteiger partial charge in [0.05, 0.1) is 0 Å². The third kappa shape index (κ3) is 3.47. The number of benzene rings is 2. The fraction of sp³-hybridized carbons (Fsp3) is 0.520. The standard InChI is InChI=1S/C25H34O2/c1-15-12-24(6,7)14-25(13-15,20-8-16(2)22(26)17(3)9-20)21-10-18(4)23(27)19(5)11-21/h8-11,15,26-27H,12-14H2,1-7H3. The quantitative estimate of drug-likeness (QED) is 0.640. The van der Waals surface area contributed by atoms with Crippen LogP contribution in [0.2, 0.25) is 0 Å². The number of phenols is 2. The predicted octanol–water partition coefficient (Wildman–Crippen LogP) is 6.46. The van der Waals surface area contributed by atoms with Crippen LogP contribution in [-0.2, 0) is 5.41 Å². The maximum Gasteiger partial charge on any atom is 0.121 e. The summed E-state index contributed by atoms with van der Waals surface area (Å²) in [5.41, 5.74) is 6.46. The summed E-state index contributed by atoms with van der Waals surface area (Å²) in [6.07, 6.45) is 3.38. The average molecular weight is 367 g/mol. The largest absolute Gasteiger partial charge is 0.507 e. The lowest BCUT2D eigenvalue weighted by Crippen LogP contribution is -2.41. The zero-order valence-electron chi connectivity index (χ0n) is 17.9. The lowest BCUT2D eigenvalue weighted by atomic mass is 9.55. The molecule has 2 heteroatoms. The molecule has 0 aromatic heterocycles. The molecule has 3 rings (SSSR count). The van der Waals surface area contributed by atoms with Crippen LogP contribution >= 0.6 is 0 Å². The Labute approximate surface area is 164 Å². The Bertz CT molecular complexity index is 772. The van der Waals surface area contributed by atoms with Gasteiger partial charge >= 0.3 is 0 Å². The minimum atomic E-state index is -0.104. The Morgan fingerprint density at radius 1 is 0.741 bits per heavy atom. The van der Waals surface area contributed by atoms with Crippen LogP contribution in [0.3, 0.4) is 0 Å². The van der Waals surface area contributed by atoms with E-state index in [2.05, 4.69) is 45.0 Å². The summed E-state index contributed by atoms with van der Waals surface area (Å²) in [6.45, 7) is 15.1. The molecule has 27 heavy (non-hydrogen) atoms. The molecule has 0 radical (unpaired) electrons. The van der Waals surface area contributed by atoms with Crippen molar-refractivity contribution in [1.29, 1.82) is 0 Å². The molecule has 146 valence electrons. The van der Waals surface area contributed by atoms with Gasteiger partial charge in [-0.3, -0.25) is 0 Å². The monoisotopic (exact) mass is 366 g/mol. The van der Waals surface area contributed by atoms with Gasteiger partial charge in [-0.05, 0) is 91.7 Å². The number of rotatable bonds is 2. The zero-order valence-corrected chi connectivity index (χ0v) is 17.9. The molecule has 2 nitrogen and oxygen atoms in total. The Hall–Kier alpha value is -1.96. The number of aryl methyl sites for hydroxylation is 4. The van der Waals surface area contributed by atoms with Gasteiger partial charge in [0.25, 0.3) is 0 Å². The van der Waals surface area contributed by atoms with E-state index in [9.17, 15) is 10.2 Å². The lowest BCUT2D eigenvalue weighted by Gasteiger charge is -2.49. The molecule has 0 aliphatic heterocycles. The van der Waals surface area contributed by atoms with E-state index in [0.29, 0.717) is 17.4 Å². The van der Waals surface area contributed by atoms with Crippen molar-refractivity contribution in [2.45, 2.75) is 73.1 Å². The molecule has 0 amide bonds. The van der Waals surface area contributed by atoms with Gasteiger partial charge in [-0.15, -0.1) is 0 Å². The SMILES string of the molecule is Cc1cc(C2(c3cc(C)c(O)c(C)c3)CC(C)CC(C)(C)C2)cc(C)c1O. The van der Waals surface area contributed by atoms with E-state index in [0.717, 1.165) is 35.1 Å². The Balaban J connectivity index is 2.31. The highest BCUT2D eigenvalue weighted by molar-refractivity contribution is 5.52. The van der Waals surface area contributed by atoms with Crippen molar-refractivity contribution in [3.63, 3.8) is 0 Å². The fourth-order valence-corrected chi connectivity index (χ4v) is 5.64. The first-order valence-corrected chi connectivity index (χ1v) is 10.1. The Kier molecular flexibility index (Phi) is 4.82. The summed E-state index contributed by atoms with van der Waals surface area (Å²) in [6, 6.07) is 8.70. The lowest BCUT2D eigenvalue weighted by molar-refractivity contribution is 0.126. The maximum absolute atomic E-state index is 10.3. The number of hydrogen-bond donors (Lipinski definition) is 2. The summed E-state index contributed by atoms with van der Waals surface area (Å²) >= 11 is 0. The molecule has 0 heterocycles. The minimum absolute atomic E-state index is 0.104. The molecule has 1 saturated carbocycles. The van der Waals surface area contributed by atoms with Crippen molar-refractivity contribution >= 4 is 0 Å². The summed E-state index contributed by atoms with van der Waals surface area (Å²) < 4.78 is 0. The van der Waals surface area contributed by atoms with E-state index >= 15 is 0 Å². The molecule has 2 N–H and O–H groups in total. The van der Waals surface area contributed by atoms with Crippen LogP contribution in [0.1, 0.15) is 73.4 Å². The van der Waals surface area contributed by atoms with Crippen molar-refractivity contribution in [3.05, 3.63) is 57.6 Å². The fourth-order valence-electron chi connectivity index (χ4n) is 5.64. The predicted molar refractivity (Wildman–Crippen MR) is 113 cm³/mol. The van der Waals surface area contributed by atoms with E-state index < -0.39 is 0 Å². The van der Waals surface area contributed by atoms with Crippen molar-refractivity contribution in [2.75, 3.05) is 0 Å². The normalized spacial score (nSPS) is 21.2. The van der Waals surface area contributed by atoms with Crippen LogP contribution in [0, 0.1) is 39.0 Å². The molecule has 0 saturated heterocycles. The first-order valence-electron chi connectivity index (χ1n) is 10.1. The van der Waals surface area contributed by atoms with Crippen LogP contribution in [-0.4, -0.2) is 10.2 Å². The summed E-state index contributed by atoms with van der Waals surface area (Å²) in [5.74, 6) is 1.41. The van der Waals surface area contributed by atoms with Crippen LogP contribution in [0.25, 0.3) is 0 Å². The second kappa shape index (κ2) is 6.58. The molecule has 1 atom stereocenters. The highest BCUT2D eigenvalue weighted by atomic mass is 16.3. The Morgan fingerprint density at radius 3 is 1.44 bits per heavy atom. The van der Waals surface area contributed by atoms with Crippen LogP contribution in [0.15, 0.2) is 24.3 Å². The van der Waals surface area contributed by atoms with Crippen LogP contribution < -0.4 is 0 Å². The van der Waals surface area contributed by atoms with Crippen molar-refractivity contribution in [1.82, 2.24) is 0 Å². The van der Waals surface area contributed by atoms with Gasteiger partial charge in [-0.1, -0.05) is 45.0 Å². The van der Waals surface area contributed by atoms with Gasteiger partial charge in [-0.25, -0.2) is 0 Å². The van der Waals surface area contributed by atoms with Gasteiger partial charge in [-0.2, -0.15) is 0 Å². The van der Waals surface area contributed by atoms with E-state index in [1.165, 1.54) is 17.5 Å². The topological polar surface area (TPSA) is 40.5 Å². The molecule has 2 aromatic rings. The number of aromatic hydroxyl groups is 2. The molecule has 1 fully saturated rings. The molecule has 1 unspecified atom stereocenters. The summed E-state index contributed by atoms with van der Waals surface area (Å²) in [4.78, 5) is 0. The second-order valence-electron chi connectivity index (χ2n) is 9.85. The van der Waals surface area contributed by atoms with E-state index in [4.69, 9.17) is 0 Å². The van der Waals surface area contributed by atoms with Crippen molar-refractivity contribution in [3.8, 4) is 11.5 Å². The number of phenolic OH excluding ortho intramolecular Hbond substituents is 2. The smallest absolute Gasteiger partial charge is 0.121 e. The summed E-state index contributed by atoms with van der Waals surface area (Å²) in [5, 5.41) is 20.7. The highest BCUT2D eigenvalue weighted by Crippen LogP contribution is 2.54. The molecular weight excluding hydrogens is 332 g/mol. The number of hydrogen-bond acceptors (Lipinski definition) is 2. The van der Waals surface area contributed by atoms with Gasteiger partial charge in [0, 0.05) is 5.41 Å². The molecule has 1 aliphatic carbocycles. The maximum atomic E-state index is 10.3. The van der Waals surface area contributed by atoms with Crippen molar-refractivity contribution in [2.24, 2.45) is 11.3 Å². The molecular formula is C25H34O2. The van der Waals surface area contributed by atoms with Gasteiger partial charge < -0.3 is 10.2 Å².